The lowest BCUT2D eigenvalue weighted by atomic mass is 10.1. The van der Waals surface area contributed by atoms with Crippen molar-refractivity contribution in [3.8, 4) is 0 Å². The van der Waals surface area contributed by atoms with Gasteiger partial charge in [-0.1, -0.05) is 0 Å². The summed E-state index contributed by atoms with van der Waals surface area (Å²) in [6.07, 6.45) is 0. The van der Waals surface area contributed by atoms with Crippen molar-refractivity contribution in [1.29, 1.82) is 0 Å². The minimum Gasteiger partial charge on any atom is -0.465 e. The number of primary amides is 1. The minimum atomic E-state index is -0.595. The Morgan fingerprint density at radius 2 is 2.00 bits per heavy atom. The van der Waals surface area contributed by atoms with E-state index in [0.29, 0.717) is 0 Å². The molecule has 0 aliphatic heterocycles. The fourth-order valence-corrected chi connectivity index (χ4v) is 0.850. The summed E-state index contributed by atoms with van der Waals surface area (Å²) in [4.78, 5) is 21.7. The van der Waals surface area contributed by atoms with E-state index >= 15 is 0 Å². The van der Waals surface area contributed by atoms with Crippen LogP contribution in [0.4, 0.5) is 0 Å². The van der Waals surface area contributed by atoms with Crippen LogP contribution in [0.25, 0.3) is 0 Å². The van der Waals surface area contributed by atoms with Crippen LogP contribution >= 0.6 is 0 Å². The van der Waals surface area contributed by atoms with Crippen LogP contribution in [0.2, 0.25) is 0 Å². The van der Waals surface area contributed by atoms with E-state index in [0.717, 1.165) is 0 Å². The molecule has 0 spiro atoms. The number of esters is 1. The normalized spacial score (nSPS) is 9.31. The molecule has 1 aromatic rings. The van der Waals surface area contributed by atoms with Gasteiger partial charge in [-0.15, -0.1) is 0 Å². The highest BCUT2D eigenvalue weighted by molar-refractivity contribution is 5.96. The first kappa shape index (κ1) is 9.25. The van der Waals surface area contributed by atoms with Gasteiger partial charge < -0.3 is 10.5 Å². The molecule has 4 heteroatoms. The summed E-state index contributed by atoms with van der Waals surface area (Å²) in [7, 11) is 1.26. The smallest absolute Gasteiger partial charge is 0.337 e. The average molecular weight is 178 g/mol. The largest absolute Gasteiger partial charge is 0.465 e. The van der Waals surface area contributed by atoms with Crippen molar-refractivity contribution >= 4 is 11.9 Å². The molecule has 0 aliphatic carbocycles. The molecule has 1 radical (unpaired) electrons. The van der Waals surface area contributed by atoms with Crippen molar-refractivity contribution in [1.82, 2.24) is 0 Å². The maximum absolute atomic E-state index is 11.0. The topological polar surface area (TPSA) is 69.4 Å². The predicted octanol–water partition coefficient (Wildman–Crippen LogP) is 0.372. The lowest BCUT2D eigenvalue weighted by Crippen LogP contribution is -2.12. The molecular formula is C9H8NO3. The van der Waals surface area contributed by atoms with Gasteiger partial charge in [0.15, 0.2) is 0 Å². The number of carbonyl (C=O) groups is 2. The second-order valence-corrected chi connectivity index (χ2v) is 2.37. The summed E-state index contributed by atoms with van der Waals surface area (Å²) >= 11 is 0. The maximum atomic E-state index is 11.0. The van der Waals surface area contributed by atoms with Crippen LogP contribution in [0, 0.1) is 6.07 Å². The zero-order valence-electron chi connectivity index (χ0n) is 7.03. The third kappa shape index (κ3) is 2.05. The lowest BCUT2D eigenvalue weighted by molar-refractivity contribution is 0.0600. The number of benzene rings is 1. The molecule has 1 rings (SSSR count). The van der Waals surface area contributed by atoms with Crippen LogP contribution in [-0.2, 0) is 4.74 Å². The molecule has 0 saturated heterocycles. The van der Waals surface area contributed by atoms with E-state index in [2.05, 4.69) is 10.8 Å². The first-order chi connectivity index (χ1) is 6.15. The van der Waals surface area contributed by atoms with Gasteiger partial charge in [-0.05, 0) is 24.3 Å². The molecule has 1 amide bonds. The van der Waals surface area contributed by atoms with Crippen molar-refractivity contribution < 1.29 is 14.3 Å². The monoisotopic (exact) mass is 178 g/mol. The summed E-state index contributed by atoms with van der Waals surface area (Å²) in [6, 6.07) is 6.83. The molecule has 0 fully saturated rings. The maximum Gasteiger partial charge on any atom is 0.337 e. The summed E-state index contributed by atoms with van der Waals surface area (Å²) in [5.41, 5.74) is 5.51. The number of hydrogen-bond acceptors (Lipinski definition) is 3. The van der Waals surface area contributed by atoms with E-state index in [-0.39, 0.29) is 11.1 Å². The van der Waals surface area contributed by atoms with E-state index in [1.54, 1.807) is 0 Å². The zero-order chi connectivity index (χ0) is 9.84. The van der Waals surface area contributed by atoms with Crippen molar-refractivity contribution in [2.24, 2.45) is 5.73 Å². The Balaban J connectivity index is 3.05. The van der Waals surface area contributed by atoms with Gasteiger partial charge in [0.05, 0.1) is 12.7 Å². The van der Waals surface area contributed by atoms with Crippen LogP contribution in [0.1, 0.15) is 20.7 Å². The summed E-state index contributed by atoms with van der Waals surface area (Å²) in [6.45, 7) is 0. The van der Waals surface area contributed by atoms with Gasteiger partial charge in [0.2, 0.25) is 5.91 Å². The molecule has 4 nitrogen and oxygen atoms in total. The second kappa shape index (κ2) is 3.71. The van der Waals surface area contributed by atoms with E-state index < -0.39 is 11.9 Å². The van der Waals surface area contributed by atoms with Crippen LogP contribution in [0.5, 0.6) is 0 Å². The van der Waals surface area contributed by atoms with Gasteiger partial charge in [-0.2, -0.15) is 0 Å². The number of ether oxygens (including phenoxy) is 1. The Morgan fingerprint density at radius 1 is 1.38 bits per heavy atom. The Bertz CT molecular complexity index is 346. The number of carbonyl (C=O) groups excluding carboxylic acids is 2. The molecule has 0 heterocycles. The highest BCUT2D eigenvalue weighted by atomic mass is 16.5. The fraction of sp³-hybridized carbons (Fsp3) is 0.111. The molecule has 13 heavy (non-hydrogen) atoms. The van der Waals surface area contributed by atoms with Crippen LogP contribution in [-0.4, -0.2) is 19.0 Å². The van der Waals surface area contributed by atoms with Crippen LogP contribution in [0.15, 0.2) is 18.2 Å². The molecule has 0 bridgehead atoms. The van der Waals surface area contributed by atoms with Gasteiger partial charge in [-0.3, -0.25) is 4.79 Å². The van der Waals surface area contributed by atoms with Gasteiger partial charge in [-0.25, -0.2) is 4.79 Å². The second-order valence-electron chi connectivity index (χ2n) is 2.37. The Morgan fingerprint density at radius 3 is 2.54 bits per heavy atom. The molecule has 0 aromatic heterocycles. The first-order valence-corrected chi connectivity index (χ1v) is 3.54. The average Bonchev–Trinajstić information content (AvgIpc) is 2.17. The van der Waals surface area contributed by atoms with E-state index in [1.807, 2.05) is 0 Å². The van der Waals surface area contributed by atoms with E-state index in [9.17, 15) is 9.59 Å². The SMILES string of the molecule is COC(=O)c1c[c]cc(C(N)=O)c1. The summed E-state index contributed by atoms with van der Waals surface area (Å²) in [5, 5.41) is 0. The zero-order valence-corrected chi connectivity index (χ0v) is 7.03. The van der Waals surface area contributed by atoms with Crippen LogP contribution in [0.3, 0.4) is 0 Å². The molecule has 0 unspecified atom stereocenters. The molecule has 0 atom stereocenters. The first-order valence-electron chi connectivity index (χ1n) is 3.54. The Hall–Kier alpha value is -1.84. The van der Waals surface area contributed by atoms with Crippen molar-refractivity contribution in [3.63, 3.8) is 0 Å². The standard InChI is InChI=1S/C9H8NO3/c1-13-9(12)7-4-2-3-6(5-7)8(10)11/h3-5H,1H3,(H2,10,11). The van der Waals surface area contributed by atoms with Gasteiger partial charge in [0, 0.05) is 5.56 Å². The van der Waals surface area contributed by atoms with Gasteiger partial charge in [0.25, 0.3) is 0 Å². The van der Waals surface area contributed by atoms with Gasteiger partial charge in [0.1, 0.15) is 0 Å². The third-order valence-electron chi connectivity index (χ3n) is 1.49. The molecule has 67 valence electrons. The highest BCUT2D eigenvalue weighted by Gasteiger charge is 2.07. The Labute approximate surface area is 75.3 Å². The number of rotatable bonds is 2. The predicted molar refractivity (Wildman–Crippen MR) is 45.1 cm³/mol. The number of methoxy groups -OCH3 is 1. The van der Waals surface area contributed by atoms with Crippen molar-refractivity contribution in [2.75, 3.05) is 7.11 Å². The van der Waals surface area contributed by atoms with Crippen molar-refractivity contribution in [2.45, 2.75) is 0 Å². The highest BCUT2D eigenvalue weighted by Crippen LogP contribution is 2.04. The number of nitrogens with two attached hydrogens (primary N) is 1. The summed E-state index contributed by atoms with van der Waals surface area (Å²) in [5.74, 6) is -1.11. The minimum absolute atomic E-state index is 0.239. The van der Waals surface area contributed by atoms with Crippen LogP contribution < -0.4 is 5.73 Å². The molecule has 0 aliphatic rings. The fourth-order valence-electron chi connectivity index (χ4n) is 0.850. The quantitative estimate of drug-likeness (QED) is 0.665. The molecule has 1 aromatic carbocycles. The summed E-state index contributed by atoms with van der Waals surface area (Å²) < 4.78 is 4.46. The Kier molecular flexibility index (Phi) is 2.64. The van der Waals surface area contributed by atoms with E-state index in [1.165, 1.54) is 25.3 Å². The number of hydrogen-bond donors (Lipinski definition) is 1. The molecule has 2 N–H and O–H groups in total. The van der Waals surface area contributed by atoms with Gasteiger partial charge >= 0.3 is 5.97 Å². The number of amides is 1. The molecule has 0 saturated carbocycles. The molecular weight excluding hydrogens is 170 g/mol. The van der Waals surface area contributed by atoms with E-state index in [4.69, 9.17) is 5.73 Å². The van der Waals surface area contributed by atoms with Crippen molar-refractivity contribution in [3.05, 3.63) is 35.4 Å². The lowest BCUT2D eigenvalue weighted by Gasteiger charge is -1.99. The third-order valence-corrected chi connectivity index (χ3v) is 1.49.